The molecule has 0 nitrogen and oxygen atoms in total. The SMILES string of the molecule is CC(C)C(c1ccccc1)C1CCCCC1.CC(C)C(c1ccccc1)c1ccccc1.CC(C)Cc1ccccc1.CCC(c1ccc(C)cc1)C1CCCCC1.Cc1cc(C)c2c(c1)CCC2.Cc1ccc2cc(C)ccc2c1.Cc1ccc2ccccc2c1C.Cc1ccccc1C. The summed E-state index contributed by atoms with van der Waals surface area (Å²) in [5.41, 5.74) is 23.1. The minimum Gasteiger partial charge on any atom is -0.0648 e. The number of rotatable bonds is 11. The highest BCUT2D eigenvalue weighted by molar-refractivity contribution is 5.86. The fourth-order valence-electron chi connectivity index (χ4n) is 15.7. The van der Waals surface area contributed by atoms with E-state index in [0.717, 1.165) is 35.5 Å². The van der Waals surface area contributed by atoms with Gasteiger partial charge in [-0.1, -0.05) is 364 Å². The zero-order valence-electron chi connectivity index (χ0n) is 65.5. The van der Waals surface area contributed by atoms with Crippen LogP contribution in [0.4, 0.5) is 0 Å². The third kappa shape index (κ3) is 26.7. The highest BCUT2D eigenvalue weighted by Crippen LogP contribution is 2.41. The van der Waals surface area contributed by atoms with Crippen molar-refractivity contribution in [2.24, 2.45) is 29.6 Å². The summed E-state index contributed by atoms with van der Waals surface area (Å²) in [6.45, 7) is 35.6. The molecule has 0 radical (unpaired) electrons. The molecule has 0 aromatic heterocycles. The molecule has 3 aliphatic carbocycles. The van der Waals surface area contributed by atoms with Gasteiger partial charge in [-0.2, -0.15) is 0 Å². The van der Waals surface area contributed by atoms with E-state index in [0.29, 0.717) is 11.8 Å². The highest BCUT2D eigenvalue weighted by Gasteiger charge is 2.28. The second-order valence-corrected chi connectivity index (χ2v) is 30.8. The van der Waals surface area contributed by atoms with Crippen LogP contribution < -0.4 is 0 Å². The van der Waals surface area contributed by atoms with E-state index in [4.69, 9.17) is 0 Å². The molecule has 532 valence electrons. The summed E-state index contributed by atoms with van der Waals surface area (Å²) in [4.78, 5) is 0. The van der Waals surface area contributed by atoms with Gasteiger partial charge in [0.2, 0.25) is 0 Å². The predicted octanol–water partition coefficient (Wildman–Crippen LogP) is 29.4. The number of benzene rings is 11. The number of fused-ring (bicyclic) bond motifs is 3. The maximum Gasteiger partial charge on any atom is 0.0112 e. The highest BCUT2D eigenvalue weighted by atomic mass is 14.3. The summed E-state index contributed by atoms with van der Waals surface area (Å²) in [5, 5.41) is 5.37. The van der Waals surface area contributed by atoms with E-state index >= 15 is 0 Å². The molecule has 0 N–H and O–H groups in total. The molecular formula is C101H128. The molecule has 11 aromatic carbocycles. The van der Waals surface area contributed by atoms with Crippen molar-refractivity contribution in [3.8, 4) is 0 Å². The zero-order chi connectivity index (χ0) is 72.5. The van der Waals surface area contributed by atoms with Crippen molar-refractivity contribution in [3.05, 3.63) is 344 Å². The Bertz CT molecular complexity index is 3960. The molecule has 2 fully saturated rings. The summed E-state index contributed by atoms with van der Waals surface area (Å²) < 4.78 is 0. The van der Waals surface area contributed by atoms with Gasteiger partial charge in [0, 0.05) is 5.92 Å². The third-order valence-electron chi connectivity index (χ3n) is 21.3. The lowest BCUT2D eigenvalue weighted by Crippen LogP contribution is -2.20. The molecule has 2 saturated carbocycles. The Kier molecular flexibility index (Phi) is 34.2. The lowest BCUT2D eigenvalue weighted by atomic mass is 9.72. The van der Waals surface area contributed by atoms with Crippen LogP contribution in [0.25, 0.3) is 21.5 Å². The van der Waals surface area contributed by atoms with Crippen molar-refractivity contribution in [1.82, 2.24) is 0 Å². The number of aryl methyl sites for hydroxylation is 10. The van der Waals surface area contributed by atoms with Crippen molar-refractivity contribution in [1.29, 1.82) is 0 Å². The van der Waals surface area contributed by atoms with Crippen molar-refractivity contribution in [2.75, 3.05) is 0 Å². The Morgan fingerprint density at radius 2 is 0.782 bits per heavy atom. The largest absolute Gasteiger partial charge is 0.0648 e. The van der Waals surface area contributed by atoms with Crippen molar-refractivity contribution >= 4 is 21.5 Å². The lowest BCUT2D eigenvalue weighted by Gasteiger charge is -2.33. The molecule has 0 bridgehead atoms. The average Bonchev–Trinajstić information content (AvgIpc) is 1.79. The third-order valence-corrected chi connectivity index (χ3v) is 21.3. The van der Waals surface area contributed by atoms with E-state index in [2.05, 4.69) is 366 Å². The Morgan fingerprint density at radius 1 is 0.327 bits per heavy atom. The molecule has 11 aromatic rings. The van der Waals surface area contributed by atoms with Crippen LogP contribution in [0.5, 0.6) is 0 Å². The molecule has 0 heterocycles. The topological polar surface area (TPSA) is 0 Å². The van der Waals surface area contributed by atoms with E-state index in [1.807, 2.05) is 0 Å². The van der Waals surface area contributed by atoms with Gasteiger partial charge in [-0.3, -0.25) is 0 Å². The Hall–Kier alpha value is -8.06. The van der Waals surface area contributed by atoms with Crippen LogP contribution in [0.15, 0.2) is 255 Å². The van der Waals surface area contributed by atoms with Crippen LogP contribution in [-0.4, -0.2) is 0 Å². The maximum absolute atomic E-state index is 2.38. The summed E-state index contributed by atoms with van der Waals surface area (Å²) in [6, 6.07) is 91.4. The molecule has 0 saturated heterocycles. The minimum atomic E-state index is 0.502. The quantitative estimate of drug-likeness (QED) is 0.121. The summed E-state index contributed by atoms with van der Waals surface area (Å²) in [5.74, 6) is 6.11. The molecule has 0 amide bonds. The van der Waals surface area contributed by atoms with Crippen molar-refractivity contribution in [3.63, 3.8) is 0 Å². The standard InChI is InChI=1S/C16H24.C16H18.C16H24.2C12H12.C11H14.C10H14.C8H10/c2*1-13(2)16(14-9-5-3-6-10-14)15-11-7-4-8-12-15;1-3-16(14-7-5-4-6-8-14)15-11-9-13(2)10-12-15;1-9-3-5-12-8-10(2)4-6-11(12)7-9;1-9-7-8-11-5-3-4-6-12(11)10(9)2;1-8-6-9(2)11-5-3-4-10(11)7-8;1-9(2)8-10-6-4-3-5-7-10;1-7-5-3-4-6-8(7)2/h3,5-6,9-10,13,15-16H,4,7-8,11-12H2,1-2H3;3-13,16H,1-2H3;9-12,14,16H,3-8H2,1-2H3;2*3-8H,1-2H3;6-7H,3-5H2,1-2H3;3-7,9H,8H2,1-2H3;3-6H,1-2H3. The first-order valence-corrected chi connectivity index (χ1v) is 39.1. The second kappa shape index (κ2) is 43.0. The van der Waals surface area contributed by atoms with Crippen molar-refractivity contribution in [2.45, 2.75) is 225 Å². The van der Waals surface area contributed by atoms with Gasteiger partial charge in [0.25, 0.3) is 0 Å². The molecule has 2 atom stereocenters. The molecule has 101 heavy (non-hydrogen) atoms. The molecule has 0 spiro atoms. The van der Waals surface area contributed by atoms with Gasteiger partial charge < -0.3 is 0 Å². The summed E-state index contributed by atoms with van der Waals surface area (Å²) >= 11 is 0. The smallest absolute Gasteiger partial charge is 0.0112 e. The van der Waals surface area contributed by atoms with Crippen LogP contribution in [0.1, 0.15) is 232 Å². The van der Waals surface area contributed by atoms with Gasteiger partial charge in [-0.05, 0) is 250 Å². The fourth-order valence-corrected chi connectivity index (χ4v) is 15.7. The van der Waals surface area contributed by atoms with Crippen molar-refractivity contribution < 1.29 is 0 Å². The van der Waals surface area contributed by atoms with E-state index in [1.54, 1.807) is 22.3 Å². The van der Waals surface area contributed by atoms with Gasteiger partial charge in [-0.25, -0.2) is 0 Å². The van der Waals surface area contributed by atoms with E-state index in [1.165, 1.54) is 185 Å². The fraction of sp³-hybridized carbons (Fsp3) is 0.386. The zero-order valence-corrected chi connectivity index (χ0v) is 65.5. The van der Waals surface area contributed by atoms with Gasteiger partial charge in [0.05, 0.1) is 0 Å². The van der Waals surface area contributed by atoms with Crippen LogP contribution >= 0.6 is 0 Å². The number of hydrogen-bond donors (Lipinski definition) is 0. The first-order valence-electron chi connectivity index (χ1n) is 39.1. The second-order valence-electron chi connectivity index (χ2n) is 30.8. The van der Waals surface area contributed by atoms with E-state index in [-0.39, 0.29) is 0 Å². The maximum atomic E-state index is 2.38. The molecular weight excluding hydrogens is 1210 g/mol. The van der Waals surface area contributed by atoms with Gasteiger partial charge in [-0.15, -0.1) is 0 Å². The first kappa shape index (κ1) is 80.3. The Labute approximate surface area is 616 Å². The predicted molar refractivity (Wildman–Crippen MR) is 447 cm³/mol. The monoisotopic (exact) mass is 1340 g/mol. The summed E-state index contributed by atoms with van der Waals surface area (Å²) in [6.07, 6.45) is 21.0. The van der Waals surface area contributed by atoms with Gasteiger partial charge in [0.15, 0.2) is 0 Å². The molecule has 0 aliphatic heterocycles. The van der Waals surface area contributed by atoms with Gasteiger partial charge >= 0.3 is 0 Å². The Balaban J connectivity index is 0.000000163. The first-order chi connectivity index (χ1) is 48.8. The normalized spacial score (nSPS) is 13.9. The average molecular weight is 1340 g/mol. The van der Waals surface area contributed by atoms with Crippen LogP contribution in [-0.2, 0) is 19.3 Å². The van der Waals surface area contributed by atoms with E-state index in [9.17, 15) is 0 Å². The molecule has 3 aliphatic rings. The van der Waals surface area contributed by atoms with E-state index < -0.39 is 0 Å². The Morgan fingerprint density at radius 3 is 1.27 bits per heavy atom. The van der Waals surface area contributed by atoms with Crippen LogP contribution in [0, 0.1) is 91.9 Å². The van der Waals surface area contributed by atoms with Crippen LogP contribution in [0.2, 0.25) is 0 Å². The number of hydrogen-bond acceptors (Lipinski definition) is 0. The molecule has 0 heteroatoms. The minimum absolute atomic E-state index is 0.502. The van der Waals surface area contributed by atoms with Crippen LogP contribution in [0.3, 0.4) is 0 Å². The summed E-state index contributed by atoms with van der Waals surface area (Å²) in [7, 11) is 0. The molecule has 14 rings (SSSR count). The molecule has 2 unspecified atom stereocenters. The van der Waals surface area contributed by atoms with Gasteiger partial charge in [0.1, 0.15) is 0 Å². The lowest BCUT2D eigenvalue weighted by molar-refractivity contribution is 0.260.